The van der Waals surface area contributed by atoms with Gasteiger partial charge in [0.05, 0.1) is 11.4 Å². The van der Waals surface area contributed by atoms with Gasteiger partial charge in [-0.3, -0.25) is 4.99 Å². The van der Waals surface area contributed by atoms with Gasteiger partial charge >= 0.3 is 0 Å². The fourth-order valence-corrected chi connectivity index (χ4v) is 3.27. The zero-order chi connectivity index (χ0) is 15.5. The van der Waals surface area contributed by atoms with Crippen LogP contribution in [0.3, 0.4) is 0 Å². The Hall–Kier alpha value is -1.68. The van der Waals surface area contributed by atoms with Gasteiger partial charge in [0, 0.05) is 23.8 Å². The molecule has 0 saturated carbocycles. The summed E-state index contributed by atoms with van der Waals surface area (Å²) in [5.74, 6) is -0.172. The quantitative estimate of drug-likeness (QED) is 0.682. The van der Waals surface area contributed by atoms with Gasteiger partial charge in [-0.25, -0.2) is 4.39 Å². The first-order valence-corrected chi connectivity index (χ1v) is 8.27. The van der Waals surface area contributed by atoms with Crippen LogP contribution in [-0.2, 0) is 0 Å². The molecule has 3 rings (SSSR count). The van der Waals surface area contributed by atoms with Crippen molar-refractivity contribution in [1.82, 2.24) is 0 Å². The van der Waals surface area contributed by atoms with Crippen molar-refractivity contribution >= 4 is 33.5 Å². The second-order valence-corrected chi connectivity index (χ2v) is 6.47. The molecule has 2 aromatic rings. The first-order chi connectivity index (χ1) is 10.6. The van der Waals surface area contributed by atoms with Crippen molar-refractivity contribution < 1.29 is 4.39 Å². The lowest BCUT2D eigenvalue weighted by Crippen LogP contribution is -2.18. The monoisotopic (exact) mass is 360 g/mol. The van der Waals surface area contributed by atoms with E-state index in [0.29, 0.717) is 5.69 Å². The summed E-state index contributed by atoms with van der Waals surface area (Å²) < 4.78 is 15.2. The summed E-state index contributed by atoms with van der Waals surface area (Å²) in [6.45, 7) is 3.92. The molecule has 2 nitrogen and oxygen atoms in total. The minimum absolute atomic E-state index is 0.172. The zero-order valence-corrected chi connectivity index (χ0v) is 14.1. The first kappa shape index (κ1) is 15.2. The van der Waals surface area contributed by atoms with E-state index in [4.69, 9.17) is 0 Å². The van der Waals surface area contributed by atoms with Crippen LogP contribution in [0.2, 0.25) is 0 Å². The molecular weight excluding hydrogens is 343 g/mol. The van der Waals surface area contributed by atoms with Gasteiger partial charge in [-0.05, 0) is 71.1 Å². The minimum atomic E-state index is -0.172. The van der Waals surface area contributed by atoms with Crippen molar-refractivity contribution in [2.75, 3.05) is 18.0 Å². The number of hydrogen-bond donors (Lipinski definition) is 0. The second kappa shape index (κ2) is 6.61. The SMILES string of the molecule is Cc1ccc(N=Cc2ccc(N3CCCC3)c(F)c2)c(Br)c1. The van der Waals surface area contributed by atoms with Gasteiger partial charge in [0.15, 0.2) is 0 Å². The number of hydrogen-bond acceptors (Lipinski definition) is 2. The maximum atomic E-state index is 14.2. The summed E-state index contributed by atoms with van der Waals surface area (Å²) in [7, 11) is 0. The summed E-state index contributed by atoms with van der Waals surface area (Å²) in [5.41, 5.74) is 3.49. The molecule has 0 unspecified atom stereocenters. The molecule has 0 radical (unpaired) electrons. The lowest BCUT2D eigenvalue weighted by atomic mass is 10.2. The van der Waals surface area contributed by atoms with Gasteiger partial charge in [0.2, 0.25) is 0 Å². The zero-order valence-electron chi connectivity index (χ0n) is 12.5. The highest BCUT2D eigenvalue weighted by atomic mass is 79.9. The number of nitrogens with zero attached hydrogens (tertiary/aromatic N) is 2. The van der Waals surface area contributed by atoms with Gasteiger partial charge in [0.25, 0.3) is 0 Å². The van der Waals surface area contributed by atoms with E-state index in [0.717, 1.165) is 41.7 Å². The normalized spacial score (nSPS) is 15.0. The summed E-state index contributed by atoms with van der Waals surface area (Å²) >= 11 is 3.50. The number of anilines is 1. The molecule has 0 spiro atoms. The van der Waals surface area contributed by atoms with Crippen molar-refractivity contribution in [3.63, 3.8) is 0 Å². The third kappa shape index (κ3) is 3.38. The van der Waals surface area contributed by atoms with Gasteiger partial charge in [-0.2, -0.15) is 0 Å². The standard InChI is InChI=1S/C18H18BrFN2/c1-13-4-6-17(15(19)10-13)21-12-14-5-7-18(16(20)11-14)22-8-2-3-9-22/h4-7,10-12H,2-3,8-9H2,1H3. The van der Waals surface area contributed by atoms with E-state index in [9.17, 15) is 4.39 Å². The summed E-state index contributed by atoms with van der Waals surface area (Å²) in [4.78, 5) is 6.54. The Balaban J connectivity index is 1.80. The number of aliphatic imine (C=N–C) groups is 1. The van der Waals surface area contributed by atoms with Crippen molar-refractivity contribution in [2.45, 2.75) is 19.8 Å². The van der Waals surface area contributed by atoms with E-state index in [-0.39, 0.29) is 5.82 Å². The van der Waals surface area contributed by atoms with Crippen LogP contribution in [0, 0.1) is 12.7 Å². The second-order valence-electron chi connectivity index (χ2n) is 5.62. The van der Waals surface area contributed by atoms with E-state index in [1.165, 1.54) is 5.56 Å². The average Bonchev–Trinajstić information content (AvgIpc) is 3.00. The minimum Gasteiger partial charge on any atom is -0.369 e. The van der Waals surface area contributed by atoms with Crippen LogP contribution < -0.4 is 4.90 Å². The molecule has 0 aromatic heterocycles. The Morgan fingerprint density at radius 2 is 1.91 bits per heavy atom. The molecule has 1 heterocycles. The Kier molecular flexibility index (Phi) is 4.57. The van der Waals surface area contributed by atoms with Crippen LogP contribution in [0.15, 0.2) is 45.9 Å². The molecule has 0 aliphatic carbocycles. The van der Waals surface area contributed by atoms with Gasteiger partial charge in [-0.15, -0.1) is 0 Å². The van der Waals surface area contributed by atoms with Crippen molar-refractivity contribution in [3.05, 3.63) is 57.8 Å². The molecule has 1 aliphatic rings. The molecule has 4 heteroatoms. The van der Waals surface area contributed by atoms with E-state index in [2.05, 4.69) is 25.8 Å². The van der Waals surface area contributed by atoms with Crippen molar-refractivity contribution in [1.29, 1.82) is 0 Å². The predicted octanol–water partition coefficient (Wildman–Crippen LogP) is 5.25. The largest absolute Gasteiger partial charge is 0.369 e. The highest BCUT2D eigenvalue weighted by Crippen LogP contribution is 2.27. The molecular formula is C18H18BrFN2. The maximum Gasteiger partial charge on any atom is 0.147 e. The summed E-state index contributed by atoms with van der Waals surface area (Å²) in [6, 6.07) is 11.3. The van der Waals surface area contributed by atoms with Gasteiger partial charge in [-0.1, -0.05) is 12.1 Å². The molecule has 0 atom stereocenters. The fraction of sp³-hybridized carbons (Fsp3) is 0.278. The topological polar surface area (TPSA) is 15.6 Å². The molecule has 1 aliphatic heterocycles. The third-order valence-corrected chi connectivity index (χ3v) is 4.51. The number of halogens is 2. The molecule has 22 heavy (non-hydrogen) atoms. The smallest absolute Gasteiger partial charge is 0.147 e. The van der Waals surface area contributed by atoms with E-state index in [1.807, 2.05) is 37.3 Å². The first-order valence-electron chi connectivity index (χ1n) is 7.48. The average molecular weight is 361 g/mol. The summed E-state index contributed by atoms with van der Waals surface area (Å²) in [5, 5.41) is 0. The van der Waals surface area contributed by atoms with E-state index >= 15 is 0 Å². The predicted molar refractivity (Wildman–Crippen MR) is 94.0 cm³/mol. The number of rotatable bonds is 3. The molecule has 114 valence electrons. The molecule has 0 bridgehead atoms. The third-order valence-electron chi connectivity index (χ3n) is 3.87. The molecule has 1 fully saturated rings. The lowest BCUT2D eigenvalue weighted by Gasteiger charge is -2.18. The Bertz CT molecular complexity index is 706. The van der Waals surface area contributed by atoms with Crippen LogP contribution in [0.4, 0.5) is 15.8 Å². The van der Waals surface area contributed by atoms with Crippen molar-refractivity contribution in [2.24, 2.45) is 4.99 Å². The fourth-order valence-electron chi connectivity index (χ4n) is 2.68. The van der Waals surface area contributed by atoms with E-state index < -0.39 is 0 Å². The van der Waals surface area contributed by atoms with Crippen LogP contribution in [-0.4, -0.2) is 19.3 Å². The summed E-state index contributed by atoms with van der Waals surface area (Å²) in [6.07, 6.45) is 3.99. The van der Waals surface area contributed by atoms with Gasteiger partial charge in [0.1, 0.15) is 5.82 Å². The van der Waals surface area contributed by atoms with Crippen LogP contribution in [0.1, 0.15) is 24.0 Å². The Morgan fingerprint density at radius 3 is 2.59 bits per heavy atom. The number of aryl methyl sites for hydroxylation is 1. The highest BCUT2D eigenvalue weighted by Gasteiger charge is 2.15. The van der Waals surface area contributed by atoms with Crippen LogP contribution >= 0.6 is 15.9 Å². The maximum absolute atomic E-state index is 14.2. The van der Waals surface area contributed by atoms with Crippen molar-refractivity contribution in [3.8, 4) is 0 Å². The molecule has 0 amide bonds. The number of benzene rings is 2. The highest BCUT2D eigenvalue weighted by molar-refractivity contribution is 9.10. The van der Waals surface area contributed by atoms with Crippen LogP contribution in [0.5, 0.6) is 0 Å². The molecule has 2 aromatic carbocycles. The van der Waals surface area contributed by atoms with E-state index in [1.54, 1.807) is 12.3 Å². The van der Waals surface area contributed by atoms with Gasteiger partial charge < -0.3 is 4.90 Å². The Morgan fingerprint density at radius 1 is 1.14 bits per heavy atom. The Labute approximate surface area is 138 Å². The lowest BCUT2D eigenvalue weighted by molar-refractivity contribution is 0.623. The molecule has 0 N–H and O–H groups in total. The molecule has 1 saturated heterocycles. The van der Waals surface area contributed by atoms with Crippen LogP contribution in [0.25, 0.3) is 0 Å².